The Morgan fingerprint density at radius 3 is 2.75 bits per heavy atom. The lowest BCUT2D eigenvalue weighted by Gasteiger charge is -2.09. The Hall–Kier alpha value is -0.640. The van der Waals surface area contributed by atoms with Crippen LogP contribution in [-0.4, -0.2) is 17.3 Å². The minimum atomic E-state index is -0.400. The van der Waals surface area contributed by atoms with Crippen LogP contribution in [0.3, 0.4) is 0 Å². The monoisotopic (exact) mass is 189 g/mol. The van der Waals surface area contributed by atoms with Gasteiger partial charge < -0.3 is 5.21 Å². The van der Waals surface area contributed by atoms with E-state index in [0.717, 1.165) is 5.06 Å². The third-order valence-corrected chi connectivity index (χ3v) is 1.80. The molecule has 0 saturated carbocycles. The SMILES string of the molecule is CN(O)Cc1c(F)cccc1Cl. The van der Waals surface area contributed by atoms with Crippen molar-refractivity contribution >= 4 is 11.6 Å². The van der Waals surface area contributed by atoms with Gasteiger partial charge in [-0.25, -0.2) is 4.39 Å². The van der Waals surface area contributed by atoms with Gasteiger partial charge in [0.05, 0.1) is 6.54 Å². The summed E-state index contributed by atoms with van der Waals surface area (Å²) in [5.41, 5.74) is 0.309. The standard InChI is InChI=1S/C8H9ClFNO/c1-11(12)5-6-7(9)3-2-4-8(6)10/h2-4,12H,5H2,1H3. The van der Waals surface area contributed by atoms with Gasteiger partial charge in [0.25, 0.3) is 0 Å². The molecule has 1 N–H and O–H groups in total. The molecule has 0 fully saturated rings. The van der Waals surface area contributed by atoms with Crippen LogP contribution in [0, 0.1) is 5.82 Å². The van der Waals surface area contributed by atoms with Gasteiger partial charge in [-0.3, -0.25) is 0 Å². The van der Waals surface area contributed by atoms with E-state index in [4.69, 9.17) is 16.8 Å². The van der Waals surface area contributed by atoms with E-state index in [-0.39, 0.29) is 6.54 Å². The highest BCUT2D eigenvalue weighted by molar-refractivity contribution is 6.31. The van der Waals surface area contributed by atoms with E-state index in [0.29, 0.717) is 10.6 Å². The molecule has 0 bridgehead atoms. The molecule has 0 radical (unpaired) electrons. The van der Waals surface area contributed by atoms with Crippen LogP contribution in [0.25, 0.3) is 0 Å². The number of nitrogens with zero attached hydrogens (tertiary/aromatic N) is 1. The fourth-order valence-corrected chi connectivity index (χ4v) is 1.13. The third kappa shape index (κ3) is 2.17. The maximum absolute atomic E-state index is 13.0. The van der Waals surface area contributed by atoms with Crippen molar-refractivity contribution in [2.75, 3.05) is 7.05 Å². The van der Waals surface area contributed by atoms with Crippen LogP contribution < -0.4 is 0 Å². The Balaban J connectivity index is 2.96. The molecule has 0 aliphatic rings. The Labute approximate surface area is 75.1 Å². The first-order chi connectivity index (χ1) is 5.61. The molecule has 0 spiro atoms. The number of rotatable bonds is 2. The zero-order valence-corrected chi connectivity index (χ0v) is 7.35. The van der Waals surface area contributed by atoms with Gasteiger partial charge in [-0.1, -0.05) is 17.7 Å². The largest absolute Gasteiger partial charge is 0.314 e. The molecular formula is C8H9ClFNO. The minimum absolute atomic E-state index is 0.0888. The molecule has 1 aromatic rings. The Bertz CT molecular complexity index is 258. The lowest BCUT2D eigenvalue weighted by atomic mass is 10.2. The van der Waals surface area contributed by atoms with Gasteiger partial charge in [-0.15, -0.1) is 0 Å². The third-order valence-electron chi connectivity index (χ3n) is 1.45. The average Bonchev–Trinajstić information content (AvgIpc) is 1.97. The van der Waals surface area contributed by atoms with Crippen molar-refractivity contribution in [2.24, 2.45) is 0 Å². The molecule has 0 aliphatic heterocycles. The van der Waals surface area contributed by atoms with Crippen molar-refractivity contribution in [1.29, 1.82) is 0 Å². The second-order valence-electron chi connectivity index (χ2n) is 2.52. The molecule has 1 aromatic carbocycles. The van der Waals surface area contributed by atoms with Gasteiger partial charge >= 0.3 is 0 Å². The summed E-state index contributed by atoms with van der Waals surface area (Å²) in [5, 5.41) is 10.1. The van der Waals surface area contributed by atoms with Crippen LogP contribution >= 0.6 is 11.6 Å². The van der Waals surface area contributed by atoms with Gasteiger partial charge in [-0.05, 0) is 12.1 Å². The van der Waals surface area contributed by atoms with E-state index in [1.807, 2.05) is 0 Å². The Morgan fingerprint density at radius 1 is 1.58 bits per heavy atom. The van der Waals surface area contributed by atoms with E-state index in [9.17, 15) is 4.39 Å². The maximum atomic E-state index is 13.0. The van der Waals surface area contributed by atoms with E-state index >= 15 is 0 Å². The summed E-state index contributed by atoms with van der Waals surface area (Å²) in [4.78, 5) is 0. The van der Waals surface area contributed by atoms with Crippen LogP contribution in [0.4, 0.5) is 4.39 Å². The van der Waals surface area contributed by atoms with Gasteiger partial charge in [0.1, 0.15) is 5.82 Å². The topological polar surface area (TPSA) is 23.5 Å². The Kier molecular flexibility index (Phi) is 3.03. The van der Waals surface area contributed by atoms with Gasteiger partial charge in [0.15, 0.2) is 0 Å². The first kappa shape index (κ1) is 9.45. The van der Waals surface area contributed by atoms with Crippen molar-refractivity contribution in [2.45, 2.75) is 6.54 Å². The number of hydrogen-bond acceptors (Lipinski definition) is 2. The van der Waals surface area contributed by atoms with Crippen LogP contribution in [0.15, 0.2) is 18.2 Å². The van der Waals surface area contributed by atoms with E-state index in [1.165, 1.54) is 19.2 Å². The van der Waals surface area contributed by atoms with Crippen molar-refractivity contribution in [3.8, 4) is 0 Å². The zero-order valence-electron chi connectivity index (χ0n) is 6.59. The second-order valence-corrected chi connectivity index (χ2v) is 2.92. The predicted octanol–water partition coefficient (Wildman–Crippen LogP) is 2.30. The summed E-state index contributed by atoms with van der Waals surface area (Å²) in [6, 6.07) is 4.42. The minimum Gasteiger partial charge on any atom is -0.314 e. The van der Waals surface area contributed by atoms with Crippen LogP contribution in [-0.2, 0) is 6.54 Å². The fourth-order valence-electron chi connectivity index (χ4n) is 0.912. The smallest absolute Gasteiger partial charge is 0.129 e. The van der Waals surface area contributed by atoms with Crippen LogP contribution in [0.1, 0.15) is 5.56 Å². The van der Waals surface area contributed by atoms with Crippen molar-refractivity contribution in [3.05, 3.63) is 34.6 Å². The highest BCUT2D eigenvalue weighted by Gasteiger charge is 2.07. The molecule has 66 valence electrons. The molecule has 0 aromatic heterocycles. The molecule has 0 amide bonds. The molecule has 0 unspecified atom stereocenters. The molecule has 12 heavy (non-hydrogen) atoms. The summed E-state index contributed by atoms with van der Waals surface area (Å²) < 4.78 is 13.0. The first-order valence-electron chi connectivity index (χ1n) is 3.44. The van der Waals surface area contributed by atoms with Crippen molar-refractivity contribution < 1.29 is 9.60 Å². The average molecular weight is 190 g/mol. The number of benzene rings is 1. The van der Waals surface area contributed by atoms with E-state index in [1.54, 1.807) is 6.07 Å². The van der Waals surface area contributed by atoms with Crippen LogP contribution in [0.2, 0.25) is 5.02 Å². The molecule has 4 heteroatoms. The van der Waals surface area contributed by atoms with Crippen LogP contribution in [0.5, 0.6) is 0 Å². The van der Waals surface area contributed by atoms with Gasteiger partial charge in [0.2, 0.25) is 0 Å². The molecule has 0 heterocycles. The highest BCUT2D eigenvalue weighted by Crippen LogP contribution is 2.19. The van der Waals surface area contributed by atoms with Crippen molar-refractivity contribution in [3.63, 3.8) is 0 Å². The quantitative estimate of drug-likeness (QED) is 0.722. The van der Waals surface area contributed by atoms with E-state index < -0.39 is 5.82 Å². The summed E-state index contributed by atoms with van der Waals surface area (Å²) >= 11 is 5.70. The summed E-state index contributed by atoms with van der Waals surface area (Å²) in [7, 11) is 1.43. The van der Waals surface area contributed by atoms with Gasteiger partial charge in [-0.2, -0.15) is 5.06 Å². The lowest BCUT2D eigenvalue weighted by Crippen LogP contribution is -2.13. The number of halogens is 2. The van der Waals surface area contributed by atoms with Gasteiger partial charge in [0, 0.05) is 17.6 Å². The summed E-state index contributed by atoms with van der Waals surface area (Å²) in [6.07, 6.45) is 0. The second kappa shape index (κ2) is 3.85. The number of hydroxylamine groups is 2. The zero-order chi connectivity index (χ0) is 9.14. The lowest BCUT2D eigenvalue weighted by molar-refractivity contribution is -0.0738. The molecular weight excluding hydrogens is 181 g/mol. The first-order valence-corrected chi connectivity index (χ1v) is 3.82. The highest BCUT2D eigenvalue weighted by atomic mass is 35.5. The number of hydrogen-bond donors (Lipinski definition) is 1. The molecule has 1 rings (SSSR count). The molecule has 0 atom stereocenters. The Morgan fingerprint density at radius 2 is 2.25 bits per heavy atom. The van der Waals surface area contributed by atoms with E-state index in [2.05, 4.69) is 0 Å². The van der Waals surface area contributed by atoms with Crippen molar-refractivity contribution in [1.82, 2.24) is 5.06 Å². The normalized spacial score (nSPS) is 10.8. The molecule has 0 saturated heterocycles. The summed E-state index contributed by atoms with van der Waals surface area (Å²) in [6.45, 7) is 0.0888. The predicted molar refractivity (Wildman–Crippen MR) is 44.7 cm³/mol. The molecule has 0 aliphatic carbocycles. The fraction of sp³-hybridized carbons (Fsp3) is 0.250. The molecule has 2 nitrogen and oxygen atoms in total. The summed E-state index contributed by atoms with van der Waals surface area (Å²) in [5.74, 6) is -0.400. The maximum Gasteiger partial charge on any atom is 0.129 e.